The molecule has 0 fully saturated rings. The predicted octanol–water partition coefficient (Wildman–Crippen LogP) is 0.852. The summed E-state index contributed by atoms with van der Waals surface area (Å²) in [5, 5.41) is 0. The van der Waals surface area contributed by atoms with Gasteiger partial charge in [-0.25, -0.2) is 4.79 Å². The Morgan fingerprint density at radius 3 is 2.81 bits per heavy atom. The molecule has 5 nitrogen and oxygen atoms in total. The number of nitrogens with zero attached hydrogens (tertiary/aromatic N) is 2. The zero-order valence-corrected chi connectivity index (χ0v) is 8.84. The molecule has 5 heteroatoms. The Hall–Kier alpha value is -2.01. The van der Waals surface area contributed by atoms with Crippen molar-refractivity contribution in [1.82, 2.24) is 15.0 Å². The van der Waals surface area contributed by atoms with Crippen LogP contribution in [0, 0.1) is 0 Å². The Kier molecular flexibility index (Phi) is 2.78. The van der Waals surface area contributed by atoms with Crippen LogP contribution >= 0.6 is 0 Å². The lowest BCUT2D eigenvalue weighted by Crippen LogP contribution is -2.18. The molecule has 82 valence electrons. The average molecular weight is 216 g/mol. The summed E-state index contributed by atoms with van der Waals surface area (Å²) in [5.74, 6) is 0. The van der Waals surface area contributed by atoms with Crippen LogP contribution in [0.3, 0.4) is 0 Å². The highest BCUT2D eigenvalue weighted by Gasteiger charge is 2.06. The van der Waals surface area contributed by atoms with Gasteiger partial charge in [-0.15, -0.1) is 0 Å². The number of aromatic amines is 1. The minimum absolute atomic E-state index is 0.238. The third kappa shape index (κ3) is 2.14. The summed E-state index contributed by atoms with van der Waals surface area (Å²) in [6, 6.07) is 6.96. The molecule has 1 atom stereocenters. The van der Waals surface area contributed by atoms with Gasteiger partial charge in [-0.1, -0.05) is 6.07 Å². The fourth-order valence-electron chi connectivity index (χ4n) is 1.37. The normalized spacial score (nSPS) is 12.4. The van der Waals surface area contributed by atoms with Crippen molar-refractivity contribution in [2.45, 2.75) is 13.0 Å². The zero-order chi connectivity index (χ0) is 11.5. The summed E-state index contributed by atoms with van der Waals surface area (Å²) in [5.41, 5.74) is 7.16. The van der Waals surface area contributed by atoms with E-state index >= 15 is 0 Å². The summed E-state index contributed by atoms with van der Waals surface area (Å²) < 4.78 is 0. The van der Waals surface area contributed by atoms with Crippen molar-refractivity contribution in [2.75, 3.05) is 0 Å². The predicted molar refractivity (Wildman–Crippen MR) is 60.7 cm³/mol. The second kappa shape index (κ2) is 4.24. The quantitative estimate of drug-likeness (QED) is 0.779. The molecule has 0 aromatic carbocycles. The molecule has 1 unspecified atom stereocenters. The minimum atomic E-state index is -0.407. The number of aromatic nitrogens is 3. The van der Waals surface area contributed by atoms with E-state index < -0.39 is 5.69 Å². The smallest absolute Gasteiger partial charge is 0.323 e. The van der Waals surface area contributed by atoms with Crippen molar-refractivity contribution in [1.29, 1.82) is 0 Å². The lowest BCUT2D eigenvalue weighted by molar-refractivity contribution is 0.766. The van der Waals surface area contributed by atoms with E-state index in [2.05, 4.69) is 15.0 Å². The molecule has 0 aliphatic carbocycles. The van der Waals surface area contributed by atoms with Crippen molar-refractivity contribution in [2.24, 2.45) is 5.73 Å². The Balaban J connectivity index is 2.54. The molecule has 0 bridgehead atoms. The van der Waals surface area contributed by atoms with E-state index in [-0.39, 0.29) is 6.04 Å². The fourth-order valence-corrected chi connectivity index (χ4v) is 1.37. The van der Waals surface area contributed by atoms with Gasteiger partial charge in [0.05, 0.1) is 11.4 Å². The van der Waals surface area contributed by atoms with Gasteiger partial charge in [0.2, 0.25) is 0 Å². The van der Waals surface area contributed by atoms with E-state index in [9.17, 15) is 4.79 Å². The van der Waals surface area contributed by atoms with Crippen LogP contribution in [0.25, 0.3) is 11.4 Å². The van der Waals surface area contributed by atoms with Crippen LogP contribution in [-0.4, -0.2) is 15.0 Å². The highest BCUT2D eigenvalue weighted by molar-refractivity contribution is 5.53. The molecule has 2 heterocycles. The van der Waals surface area contributed by atoms with Gasteiger partial charge in [-0.2, -0.15) is 4.98 Å². The highest BCUT2D eigenvalue weighted by atomic mass is 16.1. The number of pyridine rings is 1. The largest absolute Gasteiger partial charge is 0.345 e. The highest BCUT2D eigenvalue weighted by Crippen LogP contribution is 2.14. The first kappa shape index (κ1) is 10.5. The van der Waals surface area contributed by atoms with Gasteiger partial charge in [0.15, 0.2) is 0 Å². The van der Waals surface area contributed by atoms with Gasteiger partial charge in [0.25, 0.3) is 0 Å². The standard InChI is InChI=1S/C11H12N4O/c1-7(12)9-6-10(15-11(16)14-9)8-4-2-3-5-13-8/h2-7H,12H2,1H3,(H,14,15,16). The first-order chi connectivity index (χ1) is 7.66. The van der Waals surface area contributed by atoms with Crippen LogP contribution in [0.2, 0.25) is 0 Å². The third-order valence-electron chi connectivity index (χ3n) is 2.18. The van der Waals surface area contributed by atoms with E-state index in [0.717, 1.165) is 0 Å². The average Bonchev–Trinajstić information content (AvgIpc) is 2.29. The van der Waals surface area contributed by atoms with Crippen molar-refractivity contribution >= 4 is 0 Å². The summed E-state index contributed by atoms with van der Waals surface area (Å²) in [6.07, 6.45) is 1.66. The van der Waals surface area contributed by atoms with E-state index in [1.165, 1.54) is 0 Å². The van der Waals surface area contributed by atoms with E-state index in [4.69, 9.17) is 5.73 Å². The first-order valence-electron chi connectivity index (χ1n) is 4.95. The topological polar surface area (TPSA) is 84.7 Å². The maximum atomic E-state index is 11.3. The Morgan fingerprint density at radius 2 is 2.19 bits per heavy atom. The van der Waals surface area contributed by atoms with Gasteiger partial charge in [-0.3, -0.25) is 4.98 Å². The molecule has 0 aliphatic heterocycles. The zero-order valence-electron chi connectivity index (χ0n) is 8.84. The van der Waals surface area contributed by atoms with Gasteiger partial charge < -0.3 is 10.7 Å². The lowest BCUT2D eigenvalue weighted by Gasteiger charge is -2.06. The summed E-state index contributed by atoms with van der Waals surface area (Å²) in [7, 11) is 0. The SMILES string of the molecule is CC(N)c1cc(-c2ccccn2)nc(=O)[nH]1. The Morgan fingerprint density at radius 1 is 1.38 bits per heavy atom. The van der Waals surface area contributed by atoms with Crippen LogP contribution in [0.1, 0.15) is 18.7 Å². The summed E-state index contributed by atoms with van der Waals surface area (Å²) >= 11 is 0. The van der Waals surface area contributed by atoms with E-state index in [1.54, 1.807) is 25.3 Å². The molecule has 0 spiro atoms. The van der Waals surface area contributed by atoms with Crippen LogP contribution in [0.4, 0.5) is 0 Å². The molecular formula is C11H12N4O. The van der Waals surface area contributed by atoms with Crippen LogP contribution in [0.15, 0.2) is 35.3 Å². The van der Waals surface area contributed by atoms with Crippen molar-refractivity contribution < 1.29 is 0 Å². The maximum Gasteiger partial charge on any atom is 0.345 e. The van der Waals surface area contributed by atoms with Gasteiger partial charge in [-0.05, 0) is 25.1 Å². The fraction of sp³-hybridized carbons (Fsp3) is 0.182. The number of H-pyrrole nitrogens is 1. The third-order valence-corrected chi connectivity index (χ3v) is 2.18. The Bertz CT molecular complexity index is 533. The summed E-state index contributed by atoms with van der Waals surface area (Å²) in [4.78, 5) is 21.9. The monoisotopic (exact) mass is 216 g/mol. The van der Waals surface area contributed by atoms with Crippen LogP contribution in [0.5, 0.6) is 0 Å². The molecule has 3 N–H and O–H groups in total. The van der Waals surface area contributed by atoms with E-state index in [1.807, 2.05) is 12.1 Å². The number of rotatable bonds is 2. The summed E-state index contributed by atoms with van der Waals surface area (Å²) in [6.45, 7) is 1.80. The molecule has 0 saturated heterocycles. The van der Waals surface area contributed by atoms with Crippen LogP contribution < -0.4 is 11.4 Å². The number of hydrogen-bond acceptors (Lipinski definition) is 4. The second-order valence-corrected chi connectivity index (χ2v) is 3.53. The number of nitrogens with two attached hydrogens (primary N) is 1. The van der Waals surface area contributed by atoms with Gasteiger partial charge in [0.1, 0.15) is 0 Å². The van der Waals surface area contributed by atoms with E-state index in [0.29, 0.717) is 17.1 Å². The molecule has 2 aromatic heterocycles. The molecule has 2 rings (SSSR count). The number of nitrogens with one attached hydrogen (secondary N) is 1. The van der Waals surface area contributed by atoms with Gasteiger partial charge >= 0.3 is 5.69 Å². The second-order valence-electron chi connectivity index (χ2n) is 3.53. The number of hydrogen-bond donors (Lipinski definition) is 2. The maximum absolute atomic E-state index is 11.3. The molecule has 0 radical (unpaired) electrons. The van der Waals surface area contributed by atoms with Crippen LogP contribution in [-0.2, 0) is 0 Å². The van der Waals surface area contributed by atoms with Crippen molar-refractivity contribution in [3.63, 3.8) is 0 Å². The molecule has 0 aliphatic rings. The molecule has 16 heavy (non-hydrogen) atoms. The van der Waals surface area contributed by atoms with Crippen molar-refractivity contribution in [3.8, 4) is 11.4 Å². The molecule has 2 aromatic rings. The molecular weight excluding hydrogens is 204 g/mol. The molecule has 0 amide bonds. The van der Waals surface area contributed by atoms with Gasteiger partial charge in [0, 0.05) is 17.9 Å². The Labute approximate surface area is 92.4 Å². The van der Waals surface area contributed by atoms with Crippen molar-refractivity contribution in [3.05, 3.63) is 46.6 Å². The molecule has 0 saturated carbocycles. The lowest BCUT2D eigenvalue weighted by atomic mass is 10.2. The first-order valence-corrected chi connectivity index (χ1v) is 4.95. The minimum Gasteiger partial charge on any atom is -0.323 e.